The molecule has 4 rings (SSSR count). The van der Waals surface area contributed by atoms with Gasteiger partial charge in [0.05, 0.1) is 23.5 Å². The minimum absolute atomic E-state index is 0. The number of nitrogens with zero attached hydrogens (tertiary/aromatic N) is 3. The number of benzene rings is 1. The van der Waals surface area contributed by atoms with Crippen LogP contribution >= 0.6 is 12.4 Å². The van der Waals surface area contributed by atoms with E-state index in [2.05, 4.69) is 5.16 Å². The van der Waals surface area contributed by atoms with E-state index in [1.165, 1.54) is 6.20 Å². The van der Waals surface area contributed by atoms with Crippen LogP contribution < -0.4 is 16.1 Å². The Labute approximate surface area is 197 Å². The van der Waals surface area contributed by atoms with Crippen LogP contribution in [0, 0.1) is 11.2 Å². The number of aromatic carboxylic acids is 1. The summed E-state index contributed by atoms with van der Waals surface area (Å²) in [7, 11) is 0. The van der Waals surface area contributed by atoms with Crippen molar-refractivity contribution in [3.63, 3.8) is 0 Å². The van der Waals surface area contributed by atoms with Crippen LogP contribution in [-0.2, 0) is 4.84 Å². The van der Waals surface area contributed by atoms with Crippen molar-refractivity contribution in [3.8, 4) is 0 Å². The molecule has 0 radical (unpaired) electrons. The van der Waals surface area contributed by atoms with Crippen molar-refractivity contribution >= 4 is 40.7 Å². The zero-order valence-corrected chi connectivity index (χ0v) is 20.0. The molecule has 0 spiro atoms. The van der Waals surface area contributed by atoms with Crippen LogP contribution in [0.25, 0.3) is 10.9 Å². The summed E-state index contributed by atoms with van der Waals surface area (Å²) in [4.78, 5) is 31.7. The number of fused-ring (bicyclic) bond motifs is 1. The predicted octanol–water partition coefficient (Wildman–Crippen LogP) is 3.55. The summed E-state index contributed by atoms with van der Waals surface area (Å²) in [6.45, 7) is 8.77. The van der Waals surface area contributed by atoms with Crippen molar-refractivity contribution in [1.29, 1.82) is 0 Å². The zero-order chi connectivity index (χ0) is 23.4. The van der Waals surface area contributed by atoms with Gasteiger partial charge >= 0.3 is 5.97 Å². The van der Waals surface area contributed by atoms with Gasteiger partial charge in [0.25, 0.3) is 0 Å². The summed E-state index contributed by atoms with van der Waals surface area (Å²) in [5.41, 5.74) is 5.66. The Kier molecular flexibility index (Phi) is 6.52. The number of halogens is 2. The van der Waals surface area contributed by atoms with Crippen molar-refractivity contribution in [2.45, 2.75) is 52.2 Å². The van der Waals surface area contributed by atoms with Gasteiger partial charge in [-0.3, -0.25) is 4.79 Å². The molecule has 0 bridgehead atoms. The summed E-state index contributed by atoms with van der Waals surface area (Å²) >= 11 is 0. The Bertz CT molecular complexity index is 1190. The normalized spacial score (nSPS) is 22.0. The first-order valence-corrected chi connectivity index (χ1v) is 10.8. The van der Waals surface area contributed by atoms with Gasteiger partial charge in [0, 0.05) is 36.1 Å². The van der Waals surface area contributed by atoms with E-state index in [1.54, 1.807) is 10.6 Å². The molecule has 1 aromatic carbocycles. The molecule has 1 saturated carbocycles. The molecular formula is C23H30ClFN4O4. The number of aromatic nitrogens is 1. The van der Waals surface area contributed by atoms with Crippen molar-refractivity contribution in [2.75, 3.05) is 24.5 Å². The second-order valence-electron chi connectivity index (χ2n) is 10.00. The van der Waals surface area contributed by atoms with E-state index in [9.17, 15) is 14.7 Å². The molecule has 10 heteroatoms. The second-order valence-corrected chi connectivity index (χ2v) is 10.00. The number of hydrogen-bond donors (Lipinski definition) is 2. The maximum absolute atomic E-state index is 15.3. The largest absolute Gasteiger partial charge is 0.477 e. The van der Waals surface area contributed by atoms with Gasteiger partial charge in [-0.1, -0.05) is 12.1 Å². The van der Waals surface area contributed by atoms with E-state index in [0.717, 1.165) is 24.6 Å². The second kappa shape index (κ2) is 8.61. The maximum Gasteiger partial charge on any atom is 0.341 e. The molecule has 1 aromatic heterocycles. The van der Waals surface area contributed by atoms with Crippen LogP contribution in [0.2, 0.25) is 0 Å². The average molecular weight is 481 g/mol. The molecule has 8 nitrogen and oxygen atoms in total. The molecule has 2 fully saturated rings. The molecule has 3 N–H and O–H groups in total. The third-order valence-corrected chi connectivity index (χ3v) is 6.07. The minimum Gasteiger partial charge on any atom is -0.477 e. The summed E-state index contributed by atoms with van der Waals surface area (Å²) in [6, 6.07) is 2.90. The number of carbonyl (C=O) groups is 1. The zero-order valence-electron chi connectivity index (χ0n) is 19.2. The first-order chi connectivity index (χ1) is 14.9. The highest BCUT2D eigenvalue weighted by Gasteiger charge is 2.41. The number of rotatable bonds is 5. The Balaban J connectivity index is 0.00000306. The van der Waals surface area contributed by atoms with Gasteiger partial charge in [0.1, 0.15) is 17.0 Å². The fourth-order valence-corrected chi connectivity index (χ4v) is 4.03. The Morgan fingerprint density at radius 2 is 2.03 bits per heavy atom. The van der Waals surface area contributed by atoms with Crippen LogP contribution in [-0.4, -0.2) is 46.6 Å². The number of hydrogen-bond acceptors (Lipinski definition) is 6. The highest BCUT2D eigenvalue weighted by molar-refractivity contribution is 5.98. The molecular weight excluding hydrogens is 451 g/mol. The Hall–Kier alpha value is -2.65. The van der Waals surface area contributed by atoms with Gasteiger partial charge in [-0.05, 0) is 45.7 Å². The smallest absolute Gasteiger partial charge is 0.341 e. The molecule has 1 aliphatic carbocycles. The van der Waals surface area contributed by atoms with Crippen molar-refractivity contribution in [2.24, 2.45) is 16.3 Å². The van der Waals surface area contributed by atoms with Gasteiger partial charge in [0.15, 0.2) is 0 Å². The van der Waals surface area contributed by atoms with E-state index < -0.39 is 28.2 Å². The number of anilines is 1. The molecule has 1 saturated heterocycles. The molecule has 1 unspecified atom stereocenters. The van der Waals surface area contributed by atoms with Gasteiger partial charge < -0.3 is 25.1 Å². The van der Waals surface area contributed by atoms with Gasteiger partial charge in [-0.15, -0.1) is 12.4 Å². The minimum atomic E-state index is -1.31. The summed E-state index contributed by atoms with van der Waals surface area (Å²) in [5.74, 6) is -1.90. The highest BCUT2D eigenvalue weighted by Crippen LogP contribution is 2.39. The van der Waals surface area contributed by atoms with E-state index in [1.807, 2.05) is 32.6 Å². The monoisotopic (exact) mass is 480 g/mol. The number of nitrogens with two attached hydrogens (primary N) is 1. The molecule has 1 aliphatic heterocycles. The quantitative estimate of drug-likeness (QED) is 0.633. The average Bonchev–Trinajstić information content (AvgIpc) is 3.49. The molecule has 2 heterocycles. The molecule has 2 aromatic rings. The lowest BCUT2D eigenvalue weighted by Crippen LogP contribution is -2.36. The fraction of sp³-hybridized carbons (Fsp3) is 0.522. The lowest BCUT2D eigenvalue weighted by molar-refractivity contribution is -0.000438. The number of pyridine rings is 1. The van der Waals surface area contributed by atoms with E-state index in [4.69, 9.17) is 10.6 Å². The van der Waals surface area contributed by atoms with Crippen molar-refractivity contribution < 1.29 is 19.1 Å². The third kappa shape index (κ3) is 4.70. The van der Waals surface area contributed by atoms with Crippen LogP contribution in [0.1, 0.15) is 56.9 Å². The molecule has 33 heavy (non-hydrogen) atoms. The van der Waals surface area contributed by atoms with Crippen LogP contribution in [0.4, 0.5) is 10.1 Å². The molecule has 0 amide bonds. The Morgan fingerprint density at radius 1 is 1.36 bits per heavy atom. The topological polar surface area (TPSA) is 110 Å². The molecule has 180 valence electrons. The number of carboxylic acid groups (broad SMARTS) is 1. The van der Waals surface area contributed by atoms with E-state index in [-0.39, 0.29) is 29.4 Å². The third-order valence-electron chi connectivity index (χ3n) is 6.07. The first-order valence-electron chi connectivity index (χ1n) is 10.8. The SMILES string of the molecule is CC(C)(C)O/N=C1/CN(c2cc3c(cc2F)c(=O)c(C(=O)O)cn3C2CC2)CC1(C)CN.Cl. The summed E-state index contributed by atoms with van der Waals surface area (Å²) in [5, 5.41) is 13.8. The Morgan fingerprint density at radius 3 is 2.58 bits per heavy atom. The lowest BCUT2D eigenvalue weighted by Gasteiger charge is -2.24. The van der Waals surface area contributed by atoms with E-state index in [0.29, 0.717) is 30.8 Å². The maximum atomic E-state index is 15.3. The standard InChI is InChI=1S/C23H29FN4O4.ClH/c1-22(2,3)32-26-19-10-27(12-23(19,4)11-25)18-8-17-14(7-16(18)24)20(29)15(21(30)31)9-28(17)13-5-6-13;/h7-9,13H,5-6,10-12,25H2,1-4H3,(H,30,31);1H/b26-19-;. The van der Waals surface area contributed by atoms with Gasteiger partial charge in [-0.2, -0.15) is 0 Å². The molecule has 1 atom stereocenters. The fourth-order valence-electron chi connectivity index (χ4n) is 4.03. The molecule has 2 aliphatic rings. The summed E-state index contributed by atoms with van der Waals surface area (Å²) in [6.07, 6.45) is 3.16. The highest BCUT2D eigenvalue weighted by atomic mass is 35.5. The number of oxime groups is 1. The lowest BCUT2D eigenvalue weighted by atomic mass is 9.88. The van der Waals surface area contributed by atoms with E-state index >= 15 is 4.39 Å². The summed E-state index contributed by atoms with van der Waals surface area (Å²) < 4.78 is 17.0. The van der Waals surface area contributed by atoms with Crippen LogP contribution in [0.5, 0.6) is 0 Å². The predicted molar refractivity (Wildman–Crippen MR) is 128 cm³/mol. The van der Waals surface area contributed by atoms with Crippen LogP contribution in [0.15, 0.2) is 28.3 Å². The van der Waals surface area contributed by atoms with Gasteiger partial charge in [0.2, 0.25) is 5.43 Å². The van der Waals surface area contributed by atoms with Crippen LogP contribution in [0.3, 0.4) is 0 Å². The first kappa shape index (κ1) is 25.0. The van der Waals surface area contributed by atoms with Crippen molar-refractivity contribution in [1.82, 2.24) is 4.57 Å². The number of carboxylic acids is 1. The van der Waals surface area contributed by atoms with Crippen molar-refractivity contribution in [3.05, 3.63) is 39.9 Å². The van der Waals surface area contributed by atoms with Gasteiger partial charge in [-0.25, -0.2) is 9.18 Å².